The van der Waals surface area contributed by atoms with Gasteiger partial charge in [-0.15, -0.1) is 0 Å². The van der Waals surface area contributed by atoms with E-state index in [2.05, 4.69) is 11.8 Å². The maximum Gasteiger partial charge on any atom is 0.410 e. The van der Waals surface area contributed by atoms with Crippen LogP contribution in [0.3, 0.4) is 0 Å². The minimum absolute atomic E-state index is 0.213. The highest BCUT2D eigenvalue weighted by molar-refractivity contribution is 5.87. The monoisotopic (exact) mass is 334 g/mol. The van der Waals surface area contributed by atoms with Gasteiger partial charge in [-0.2, -0.15) is 0 Å². The molecule has 0 bridgehead atoms. The van der Waals surface area contributed by atoms with Crippen molar-refractivity contribution in [2.45, 2.75) is 45.9 Å². The molecular formula is C18H26N2O4. The van der Waals surface area contributed by atoms with Gasteiger partial charge in [0.1, 0.15) is 5.60 Å². The van der Waals surface area contributed by atoms with Gasteiger partial charge in [-0.25, -0.2) is 9.59 Å². The van der Waals surface area contributed by atoms with E-state index < -0.39 is 11.6 Å². The summed E-state index contributed by atoms with van der Waals surface area (Å²) in [6.07, 6.45) is -0.264. The lowest BCUT2D eigenvalue weighted by Gasteiger charge is -2.40. The average molecular weight is 334 g/mol. The molecule has 0 radical (unpaired) electrons. The fourth-order valence-corrected chi connectivity index (χ4v) is 2.71. The second-order valence-electron chi connectivity index (χ2n) is 7.25. The number of hydrogen-bond donors (Lipinski definition) is 1. The van der Waals surface area contributed by atoms with Gasteiger partial charge in [0.2, 0.25) is 0 Å². The third-order valence-corrected chi connectivity index (χ3v) is 4.00. The van der Waals surface area contributed by atoms with Crippen molar-refractivity contribution >= 4 is 12.1 Å². The molecule has 1 aromatic rings. The molecular weight excluding hydrogens is 308 g/mol. The predicted octanol–water partition coefficient (Wildman–Crippen LogP) is 2.83. The first-order valence-corrected chi connectivity index (χ1v) is 8.20. The zero-order valence-corrected chi connectivity index (χ0v) is 14.8. The standard InChI is InChI=1S/C18H26N2O4/c1-13-11-20(17(23)24-18(2,3)4)10-9-19(13)12-14-5-7-15(8-6-14)16(21)22/h5-8,13H,9-12H2,1-4H3,(H,21,22)/t13-/m1/s1. The van der Waals surface area contributed by atoms with Crippen LogP contribution in [-0.2, 0) is 11.3 Å². The van der Waals surface area contributed by atoms with Crippen molar-refractivity contribution in [3.05, 3.63) is 35.4 Å². The number of aromatic carboxylic acids is 1. The van der Waals surface area contributed by atoms with E-state index in [1.54, 1.807) is 17.0 Å². The smallest absolute Gasteiger partial charge is 0.410 e. The summed E-state index contributed by atoms with van der Waals surface area (Å²) < 4.78 is 5.43. The number of benzene rings is 1. The topological polar surface area (TPSA) is 70.1 Å². The van der Waals surface area contributed by atoms with E-state index in [0.29, 0.717) is 18.7 Å². The number of carboxylic acids is 1. The van der Waals surface area contributed by atoms with E-state index in [1.165, 1.54) is 0 Å². The van der Waals surface area contributed by atoms with Gasteiger partial charge >= 0.3 is 12.1 Å². The lowest BCUT2D eigenvalue weighted by atomic mass is 10.1. The van der Waals surface area contributed by atoms with E-state index in [0.717, 1.165) is 18.7 Å². The molecule has 1 saturated heterocycles. The molecule has 0 unspecified atom stereocenters. The zero-order valence-electron chi connectivity index (χ0n) is 14.8. The molecule has 132 valence electrons. The normalized spacial score (nSPS) is 19.2. The van der Waals surface area contributed by atoms with Gasteiger partial charge in [0.15, 0.2) is 0 Å². The molecule has 1 N–H and O–H groups in total. The highest BCUT2D eigenvalue weighted by atomic mass is 16.6. The van der Waals surface area contributed by atoms with Crippen molar-refractivity contribution in [2.24, 2.45) is 0 Å². The van der Waals surface area contributed by atoms with E-state index >= 15 is 0 Å². The quantitative estimate of drug-likeness (QED) is 0.920. The third kappa shape index (κ3) is 4.96. The molecule has 1 aliphatic rings. The molecule has 0 spiro atoms. The van der Waals surface area contributed by atoms with Gasteiger partial charge in [-0.1, -0.05) is 12.1 Å². The maximum absolute atomic E-state index is 12.2. The Morgan fingerprint density at radius 2 is 1.83 bits per heavy atom. The van der Waals surface area contributed by atoms with Gasteiger partial charge in [0, 0.05) is 32.2 Å². The fraction of sp³-hybridized carbons (Fsp3) is 0.556. The number of hydrogen-bond acceptors (Lipinski definition) is 4. The summed E-state index contributed by atoms with van der Waals surface area (Å²) in [5.41, 5.74) is 0.877. The lowest BCUT2D eigenvalue weighted by Crippen LogP contribution is -2.54. The van der Waals surface area contributed by atoms with Crippen molar-refractivity contribution in [1.29, 1.82) is 0 Å². The van der Waals surface area contributed by atoms with Crippen molar-refractivity contribution in [1.82, 2.24) is 9.80 Å². The summed E-state index contributed by atoms with van der Waals surface area (Å²) in [5.74, 6) is -0.916. The van der Waals surface area contributed by atoms with Crippen molar-refractivity contribution in [3.8, 4) is 0 Å². The number of piperazine rings is 1. The molecule has 1 aliphatic heterocycles. The van der Waals surface area contributed by atoms with Crippen LogP contribution in [0.15, 0.2) is 24.3 Å². The molecule has 0 saturated carbocycles. The molecule has 24 heavy (non-hydrogen) atoms. The van der Waals surface area contributed by atoms with E-state index in [-0.39, 0.29) is 12.1 Å². The number of carboxylic acid groups (broad SMARTS) is 1. The molecule has 0 aliphatic carbocycles. The molecule has 1 amide bonds. The van der Waals surface area contributed by atoms with E-state index in [1.807, 2.05) is 32.9 Å². The SMILES string of the molecule is C[C@@H]1CN(C(=O)OC(C)(C)C)CCN1Cc1ccc(C(=O)O)cc1. The van der Waals surface area contributed by atoms with Crippen LogP contribution in [0.2, 0.25) is 0 Å². The summed E-state index contributed by atoms with van der Waals surface area (Å²) in [4.78, 5) is 27.1. The van der Waals surface area contributed by atoms with Gasteiger partial charge in [-0.3, -0.25) is 4.90 Å². The van der Waals surface area contributed by atoms with Gasteiger partial charge in [0.05, 0.1) is 5.56 Å². The second-order valence-corrected chi connectivity index (χ2v) is 7.25. The summed E-state index contributed by atoms with van der Waals surface area (Å²) >= 11 is 0. The zero-order chi connectivity index (χ0) is 17.9. The van der Waals surface area contributed by atoms with Crippen LogP contribution < -0.4 is 0 Å². The minimum atomic E-state index is -0.916. The molecule has 6 nitrogen and oxygen atoms in total. The van der Waals surface area contributed by atoms with Crippen LogP contribution in [0, 0.1) is 0 Å². The number of amides is 1. The van der Waals surface area contributed by atoms with Crippen LogP contribution in [0.4, 0.5) is 4.79 Å². The molecule has 1 heterocycles. The lowest BCUT2D eigenvalue weighted by molar-refractivity contribution is 0.00460. The molecule has 1 aromatic carbocycles. The molecule has 0 aromatic heterocycles. The number of carbonyl (C=O) groups is 2. The first kappa shape index (κ1) is 18.3. The molecule has 1 fully saturated rings. The largest absolute Gasteiger partial charge is 0.478 e. The molecule has 6 heteroatoms. The van der Waals surface area contributed by atoms with Crippen LogP contribution in [0.25, 0.3) is 0 Å². The summed E-state index contributed by atoms with van der Waals surface area (Å²) in [7, 11) is 0. The summed E-state index contributed by atoms with van der Waals surface area (Å²) in [6.45, 7) is 10.4. The maximum atomic E-state index is 12.2. The Balaban J connectivity index is 1.91. The van der Waals surface area contributed by atoms with Gasteiger partial charge in [-0.05, 0) is 45.4 Å². The van der Waals surface area contributed by atoms with Gasteiger partial charge < -0.3 is 14.7 Å². The fourth-order valence-electron chi connectivity index (χ4n) is 2.71. The van der Waals surface area contributed by atoms with Crippen LogP contribution in [0.5, 0.6) is 0 Å². The Bertz CT molecular complexity index is 592. The number of carbonyl (C=O) groups excluding carboxylic acids is 1. The Labute approximate surface area is 143 Å². The van der Waals surface area contributed by atoms with Gasteiger partial charge in [0.25, 0.3) is 0 Å². The number of nitrogens with zero attached hydrogens (tertiary/aromatic N) is 2. The molecule has 1 atom stereocenters. The predicted molar refractivity (Wildman–Crippen MR) is 91.1 cm³/mol. The highest BCUT2D eigenvalue weighted by Gasteiger charge is 2.29. The third-order valence-electron chi connectivity index (χ3n) is 4.00. The summed E-state index contributed by atoms with van der Waals surface area (Å²) in [6, 6.07) is 7.15. The Hall–Kier alpha value is -2.08. The van der Waals surface area contributed by atoms with Crippen LogP contribution in [-0.4, -0.2) is 58.2 Å². The minimum Gasteiger partial charge on any atom is -0.478 e. The number of rotatable bonds is 3. The highest BCUT2D eigenvalue weighted by Crippen LogP contribution is 2.17. The first-order chi connectivity index (χ1) is 11.2. The number of ether oxygens (including phenoxy) is 1. The van der Waals surface area contributed by atoms with E-state index in [4.69, 9.17) is 9.84 Å². The van der Waals surface area contributed by atoms with Crippen LogP contribution >= 0.6 is 0 Å². The summed E-state index contributed by atoms with van der Waals surface area (Å²) in [5, 5.41) is 8.94. The Morgan fingerprint density at radius 3 is 2.33 bits per heavy atom. The van der Waals surface area contributed by atoms with E-state index in [9.17, 15) is 9.59 Å². The van der Waals surface area contributed by atoms with Crippen molar-refractivity contribution in [2.75, 3.05) is 19.6 Å². The Morgan fingerprint density at radius 1 is 1.21 bits per heavy atom. The molecule has 2 rings (SSSR count). The Kier molecular flexibility index (Phi) is 5.49. The second kappa shape index (κ2) is 7.21. The van der Waals surface area contributed by atoms with Crippen molar-refractivity contribution in [3.63, 3.8) is 0 Å². The first-order valence-electron chi connectivity index (χ1n) is 8.20. The average Bonchev–Trinajstić information content (AvgIpc) is 2.48. The van der Waals surface area contributed by atoms with Crippen LogP contribution in [0.1, 0.15) is 43.6 Å². The van der Waals surface area contributed by atoms with Crippen molar-refractivity contribution < 1.29 is 19.4 Å².